The molecule has 2 unspecified atom stereocenters. The maximum Gasteiger partial charge on any atom is 0.404 e. The molecule has 3 heterocycles. The van der Waals surface area contributed by atoms with Gasteiger partial charge in [-0.3, -0.25) is 9.98 Å². The number of pyridine rings is 1. The molecular weight excluding hydrogens is 518 g/mol. The first kappa shape index (κ1) is 30.4. The number of aromatic nitrogens is 2. The van der Waals surface area contributed by atoms with Gasteiger partial charge >= 0.3 is 6.18 Å². The lowest BCUT2D eigenvalue weighted by atomic mass is 10.0. The number of terminal acetylenes is 1. The lowest BCUT2D eigenvalue weighted by Crippen LogP contribution is -2.40. The normalized spacial score (nSPS) is 15.1. The highest BCUT2D eigenvalue weighted by Gasteiger charge is 2.37. The summed E-state index contributed by atoms with van der Waals surface area (Å²) in [6, 6.07) is 3.17. The van der Waals surface area contributed by atoms with Crippen LogP contribution in [0.3, 0.4) is 0 Å². The Balaban J connectivity index is 0.00000247. The SMILES string of the molecule is C#C.C/C=C(F)\C=C/Cn1c2c(c(C#N)c1-c1ccc(S(=O)NC(C)C(F)(F)F)cn1)C=C(CC)C=NC2. The number of nitrogens with zero attached hydrogens (tertiary/aromatic N) is 4. The third-order valence-electron chi connectivity index (χ3n) is 5.57. The topological polar surface area (TPSA) is 83.1 Å². The summed E-state index contributed by atoms with van der Waals surface area (Å²) in [5.41, 5.74) is 3.56. The quantitative estimate of drug-likeness (QED) is 0.249. The highest BCUT2D eigenvalue weighted by Crippen LogP contribution is 2.34. The summed E-state index contributed by atoms with van der Waals surface area (Å²) >= 11 is 0. The predicted octanol–water partition coefficient (Wildman–Crippen LogP) is 6.04. The first-order valence-corrected chi connectivity index (χ1v) is 12.6. The monoisotopic (exact) mass is 545 g/mol. The Kier molecular flexibility index (Phi) is 10.9. The molecule has 0 spiro atoms. The van der Waals surface area contributed by atoms with Gasteiger partial charge in [0.15, 0.2) is 0 Å². The molecule has 0 amide bonds. The summed E-state index contributed by atoms with van der Waals surface area (Å²) in [5, 5.41) is 10.1. The molecule has 0 bridgehead atoms. The van der Waals surface area contributed by atoms with E-state index >= 15 is 0 Å². The zero-order valence-electron chi connectivity index (χ0n) is 21.1. The van der Waals surface area contributed by atoms with Gasteiger partial charge in [0.05, 0.1) is 28.4 Å². The first-order valence-electron chi connectivity index (χ1n) is 11.5. The minimum absolute atomic E-state index is 0.0563. The van der Waals surface area contributed by atoms with E-state index < -0.39 is 29.0 Å². The minimum atomic E-state index is -4.54. The number of nitrogens with one attached hydrogen (secondary N) is 1. The minimum Gasteiger partial charge on any atom is -0.336 e. The molecule has 6 nitrogen and oxygen atoms in total. The van der Waals surface area contributed by atoms with Gasteiger partial charge in [0, 0.05) is 30.2 Å². The van der Waals surface area contributed by atoms with Crippen LogP contribution in [0.4, 0.5) is 17.6 Å². The second-order valence-electron chi connectivity index (χ2n) is 7.95. The van der Waals surface area contributed by atoms with Crippen molar-refractivity contribution < 1.29 is 21.8 Å². The van der Waals surface area contributed by atoms with Gasteiger partial charge < -0.3 is 4.57 Å². The molecule has 0 fully saturated rings. The summed E-state index contributed by atoms with van der Waals surface area (Å²) < 4.78 is 68.3. The molecule has 11 heteroatoms. The van der Waals surface area contributed by atoms with E-state index in [1.807, 2.05) is 22.3 Å². The largest absolute Gasteiger partial charge is 0.404 e. The average molecular weight is 546 g/mol. The molecule has 3 rings (SSSR count). The molecule has 1 aliphatic rings. The highest BCUT2D eigenvalue weighted by molar-refractivity contribution is 7.83. The van der Waals surface area contributed by atoms with E-state index in [1.54, 1.807) is 19.2 Å². The first-order chi connectivity index (χ1) is 18.1. The molecule has 0 saturated heterocycles. The van der Waals surface area contributed by atoms with E-state index in [0.717, 1.165) is 18.2 Å². The second kappa shape index (κ2) is 13.7. The van der Waals surface area contributed by atoms with E-state index in [9.17, 15) is 27.0 Å². The summed E-state index contributed by atoms with van der Waals surface area (Å²) in [7, 11) is -2.14. The van der Waals surface area contributed by atoms with Crippen LogP contribution in [0.1, 0.15) is 44.0 Å². The van der Waals surface area contributed by atoms with Crippen LogP contribution in [0.5, 0.6) is 0 Å². The lowest BCUT2D eigenvalue weighted by molar-refractivity contribution is -0.146. The Labute approximate surface area is 222 Å². The van der Waals surface area contributed by atoms with E-state index in [4.69, 9.17) is 0 Å². The lowest BCUT2D eigenvalue weighted by Gasteiger charge is -2.16. The van der Waals surface area contributed by atoms with Crippen molar-refractivity contribution in [1.29, 1.82) is 5.26 Å². The van der Waals surface area contributed by atoms with Crippen LogP contribution in [0.15, 0.2) is 57.8 Å². The van der Waals surface area contributed by atoms with Crippen LogP contribution >= 0.6 is 0 Å². The Morgan fingerprint density at radius 1 is 1.37 bits per heavy atom. The molecule has 0 radical (unpaired) electrons. The standard InChI is InChI=1S/C25H25F4N5OS.C2H2/c1-4-17-11-20-21(12-30)24(34(23(20)15-31-13-17)10-6-7-18(26)5-2)22-9-8-19(14-32-22)36(35)33-16(3)25(27,28)29;1-2/h5-9,11,13-14,16,33H,4,10,15H2,1-3H3;1-2H/b7-6-,18-5+;. The Hall–Kier alpha value is -3.80. The van der Waals surface area contributed by atoms with Crippen molar-refractivity contribution in [3.63, 3.8) is 0 Å². The summed E-state index contributed by atoms with van der Waals surface area (Å²) in [4.78, 5) is 8.83. The van der Waals surface area contributed by atoms with Gasteiger partial charge in [0.1, 0.15) is 28.9 Å². The number of rotatable bonds is 8. The van der Waals surface area contributed by atoms with E-state index in [0.29, 0.717) is 35.5 Å². The van der Waals surface area contributed by atoms with Crippen LogP contribution in [-0.2, 0) is 24.1 Å². The molecular formula is C27H27F4N5OS. The molecule has 0 saturated carbocycles. The van der Waals surface area contributed by atoms with Crippen LogP contribution in [0.25, 0.3) is 17.5 Å². The average Bonchev–Trinajstić information content (AvgIpc) is 3.04. The van der Waals surface area contributed by atoms with Crippen LogP contribution in [0.2, 0.25) is 0 Å². The summed E-state index contributed by atoms with van der Waals surface area (Å²) in [6.45, 7) is 4.95. The van der Waals surface area contributed by atoms with Gasteiger partial charge in [0.2, 0.25) is 0 Å². The molecule has 38 heavy (non-hydrogen) atoms. The number of hydrogen-bond donors (Lipinski definition) is 1. The summed E-state index contributed by atoms with van der Waals surface area (Å²) in [5.74, 6) is -0.410. The number of nitriles is 1. The van der Waals surface area contributed by atoms with Crippen molar-refractivity contribution in [2.75, 3.05) is 0 Å². The van der Waals surface area contributed by atoms with Crippen molar-refractivity contribution in [1.82, 2.24) is 14.3 Å². The molecule has 200 valence electrons. The van der Waals surface area contributed by atoms with E-state index in [1.165, 1.54) is 30.5 Å². The number of aliphatic imine (C=N–C) groups is 1. The van der Waals surface area contributed by atoms with Crippen molar-refractivity contribution in [2.24, 2.45) is 4.99 Å². The van der Waals surface area contributed by atoms with Crippen LogP contribution in [0, 0.1) is 24.2 Å². The molecule has 1 aliphatic heterocycles. The van der Waals surface area contributed by atoms with Crippen molar-refractivity contribution in [3.05, 3.63) is 64.8 Å². The zero-order chi connectivity index (χ0) is 28.5. The number of hydrogen-bond acceptors (Lipinski definition) is 4. The molecule has 0 aliphatic carbocycles. The van der Waals surface area contributed by atoms with Gasteiger partial charge in [-0.2, -0.15) is 18.4 Å². The Morgan fingerprint density at radius 3 is 2.63 bits per heavy atom. The zero-order valence-corrected chi connectivity index (χ0v) is 21.9. The fourth-order valence-corrected chi connectivity index (χ4v) is 4.48. The van der Waals surface area contributed by atoms with Gasteiger partial charge in [-0.15, -0.1) is 12.8 Å². The summed E-state index contributed by atoms with van der Waals surface area (Å²) in [6.07, 6.45) is 13.3. The fourth-order valence-electron chi connectivity index (χ4n) is 3.55. The number of halogens is 4. The van der Waals surface area contributed by atoms with E-state index in [-0.39, 0.29) is 11.4 Å². The Morgan fingerprint density at radius 2 is 2.08 bits per heavy atom. The molecule has 1 N–H and O–H groups in total. The fraction of sp³-hybridized carbons (Fsp3) is 0.296. The second-order valence-corrected chi connectivity index (χ2v) is 9.20. The van der Waals surface area contributed by atoms with Crippen LogP contribution in [-0.4, -0.2) is 32.2 Å². The maximum atomic E-state index is 13.7. The molecule has 2 aromatic heterocycles. The van der Waals surface area contributed by atoms with Gasteiger partial charge in [0.25, 0.3) is 0 Å². The molecule has 2 aromatic rings. The van der Waals surface area contributed by atoms with Crippen molar-refractivity contribution >= 4 is 23.3 Å². The Bertz CT molecular complexity index is 1340. The van der Waals surface area contributed by atoms with Gasteiger partial charge in [-0.25, -0.2) is 13.3 Å². The molecule has 2 atom stereocenters. The van der Waals surface area contributed by atoms with Crippen molar-refractivity contribution in [3.8, 4) is 30.3 Å². The molecule has 0 aromatic carbocycles. The number of alkyl halides is 3. The smallest absolute Gasteiger partial charge is 0.336 e. The highest BCUT2D eigenvalue weighted by atomic mass is 32.2. The number of allylic oxidation sites excluding steroid dienone is 5. The van der Waals surface area contributed by atoms with E-state index in [2.05, 4.69) is 28.9 Å². The maximum absolute atomic E-state index is 13.7. The van der Waals surface area contributed by atoms with Gasteiger partial charge in [-0.05, 0) is 50.1 Å². The van der Waals surface area contributed by atoms with Gasteiger partial charge in [-0.1, -0.05) is 19.1 Å². The van der Waals surface area contributed by atoms with Crippen molar-refractivity contribution in [2.45, 2.75) is 57.4 Å². The van der Waals surface area contributed by atoms with Crippen LogP contribution < -0.4 is 4.72 Å². The predicted molar refractivity (Wildman–Crippen MR) is 142 cm³/mol. The third-order valence-corrected chi connectivity index (χ3v) is 6.81. The third kappa shape index (κ3) is 7.15. The number of fused-ring (bicyclic) bond motifs is 1.